The summed E-state index contributed by atoms with van der Waals surface area (Å²) in [5.41, 5.74) is 1.96. The minimum atomic E-state index is -0.0265. The quantitative estimate of drug-likeness (QED) is 0.763. The second-order valence-electron chi connectivity index (χ2n) is 4.37. The average Bonchev–Trinajstić information content (AvgIpc) is 2.86. The number of aromatic nitrogens is 2. The van der Waals surface area contributed by atoms with E-state index in [2.05, 4.69) is 24.1 Å². The number of nitrogens with zero attached hydrogens (tertiary/aromatic N) is 3. The van der Waals surface area contributed by atoms with Crippen molar-refractivity contribution in [3.05, 3.63) is 18.0 Å². The molecule has 88 valence electrons. The number of halogens is 1. The second-order valence-corrected chi connectivity index (χ2v) is 5.05. The highest BCUT2D eigenvalue weighted by atomic mass is 35.5. The molecule has 0 N–H and O–H groups in total. The van der Waals surface area contributed by atoms with Crippen LogP contribution in [0.15, 0.2) is 17.5 Å². The molecule has 1 aromatic heterocycles. The van der Waals surface area contributed by atoms with Gasteiger partial charge in [-0.3, -0.25) is 4.68 Å². The summed E-state index contributed by atoms with van der Waals surface area (Å²) in [4.78, 5) is 5.27. The minimum absolute atomic E-state index is 0.0148. The highest BCUT2D eigenvalue weighted by molar-refractivity contribution is 6.21. The van der Waals surface area contributed by atoms with Crippen molar-refractivity contribution < 1.29 is 4.84 Å². The van der Waals surface area contributed by atoms with E-state index in [1.807, 2.05) is 24.0 Å². The largest absolute Gasteiger partial charge is 0.390 e. The average molecular weight is 242 g/mol. The Morgan fingerprint density at radius 1 is 1.50 bits per heavy atom. The van der Waals surface area contributed by atoms with Crippen molar-refractivity contribution in [2.45, 2.75) is 44.7 Å². The van der Waals surface area contributed by atoms with E-state index in [4.69, 9.17) is 16.4 Å². The van der Waals surface area contributed by atoms with Gasteiger partial charge in [-0.25, -0.2) is 0 Å². The fourth-order valence-corrected chi connectivity index (χ4v) is 1.72. The van der Waals surface area contributed by atoms with Gasteiger partial charge in [-0.1, -0.05) is 5.16 Å². The van der Waals surface area contributed by atoms with Crippen LogP contribution < -0.4 is 0 Å². The first kappa shape index (κ1) is 11.5. The van der Waals surface area contributed by atoms with Crippen LogP contribution in [0.25, 0.3) is 0 Å². The second kappa shape index (κ2) is 4.45. The summed E-state index contributed by atoms with van der Waals surface area (Å²) < 4.78 is 1.91. The molecule has 4 nitrogen and oxygen atoms in total. The van der Waals surface area contributed by atoms with Crippen molar-refractivity contribution in [2.24, 2.45) is 5.16 Å². The van der Waals surface area contributed by atoms with Crippen LogP contribution >= 0.6 is 11.6 Å². The number of oxime groups is 1. The predicted octanol–water partition coefficient (Wildman–Crippen LogP) is 2.58. The van der Waals surface area contributed by atoms with Crippen LogP contribution in [0.4, 0.5) is 0 Å². The maximum atomic E-state index is 5.97. The number of alkyl halides is 1. The SMILES string of the molecule is CC(Cl)C1CC(c2cnn(C(C)C)c2)=NO1. The zero-order valence-corrected chi connectivity index (χ0v) is 10.5. The minimum Gasteiger partial charge on any atom is -0.390 e. The van der Waals surface area contributed by atoms with Gasteiger partial charge in [-0.05, 0) is 20.8 Å². The molecule has 0 radical (unpaired) electrons. The van der Waals surface area contributed by atoms with Crippen molar-refractivity contribution in [1.29, 1.82) is 0 Å². The van der Waals surface area contributed by atoms with Crippen molar-refractivity contribution in [1.82, 2.24) is 9.78 Å². The maximum absolute atomic E-state index is 5.97. The van der Waals surface area contributed by atoms with E-state index in [9.17, 15) is 0 Å². The molecular formula is C11H16ClN3O. The lowest BCUT2D eigenvalue weighted by Gasteiger charge is -2.08. The summed E-state index contributed by atoms with van der Waals surface area (Å²) in [6.07, 6.45) is 4.56. The molecule has 0 saturated heterocycles. The fraction of sp³-hybridized carbons (Fsp3) is 0.636. The zero-order valence-electron chi connectivity index (χ0n) is 9.72. The normalized spacial score (nSPS) is 22.1. The molecule has 0 aromatic carbocycles. The zero-order chi connectivity index (χ0) is 11.7. The lowest BCUT2D eigenvalue weighted by Crippen LogP contribution is -2.18. The molecule has 0 saturated carbocycles. The lowest BCUT2D eigenvalue weighted by molar-refractivity contribution is 0.0855. The molecule has 2 atom stereocenters. The third-order valence-electron chi connectivity index (χ3n) is 2.67. The van der Waals surface area contributed by atoms with Crippen LogP contribution in [0.5, 0.6) is 0 Å². The first-order valence-electron chi connectivity index (χ1n) is 5.49. The van der Waals surface area contributed by atoms with Crippen LogP contribution in [0.3, 0.4) is 0 Å². The van der Waals surface area contributed by atoms with E-state index >= 15 is 0 Å². The predicted molar refractivity (Wildman–Crippen MR) is 64.0 cm³/mol. The molecule has 0 bridgehead atoms. The Labute approximate surface area is 100 Å². The Kier molecular flexibility index (Phi) is 3.19. The Morgan fingerprint density at radius 3 is 2.75 bits per heavy atom. The van der Waals surface area contributed by atoms with E-state index in [1.165, 1.54) is 0 Å². The van der Waals surface area contributed by atoms with Crippen LogP contribution in [0, 0.1) is 0 Å². The molecule has 1 aromatic rings. The molecule has 0 spiro atoms. The van der Waals surface area contributed by atoms with Crippen molar-refractivity contribution >= 4 is 17.3 Å². The Hall–Kier alpha value is -1.03. The van der Waals surface area contributed by atoms with Gasteiger partial charge >= 0.3 is 0 Å². The van der Waals surface area contributed by atoms with Gasteiger partial charge in [0.05, 0.1) is 17.3 Å². The van der Waals surface area contributed by atoms with E-state index in [0.29, 0.717) is 6.04 Å². The van der Waals surface area contributed by atoms with Crippen LogP contribution in [0.2, 0.25) is 0 Å². The summed E-state index contributed by atoms with van der Waals surface area (Å²) in [6.45, 7) is 6.10. The van der Waals surface area contributed by atoms with Crippen molar-refractivity contribution in [3.8, 4) is 0 Å². The third-order valence-corrected chi connectivity index (χ3v) is 2.95. The monoisotopic (exact) mass is 241 g/mol. The molecule has 0 aliphatic carbocycles. The number of hydrogen-bond acceptors (Lipinski definition) is 3. The Bertz CT molecular complexity index is 398. The molecule has 16 heavy (non-hydrogen) atoms. The van der Waals surface area contributed by atoms with E-state index < -0.39 is 0 Å². The molecule has 0 amide bonds. The van der Waals surface area contributed by atoms with Crippen molar-refractivity contribution in [2.75, 3.05) is 0 Å². The summed E-state index contributed by atoms with van der Waals surface area (Å²) in [7, 11) is 0. The third kappa shape index (κ3) is 2.21. The molecule has 5 heteroatoms. The Morgan fingerprint density at radius 2 is 2.25 bits per heavy atom. The van der Waals surface area contributed by atoms with Gasteiger partial charge in [0.25, 0.3) is 0 Å². The molecule has 1 aliphatic rings. The topological polar surface area (TPSA) is 39.4 Å². The first-order valence-corrected chi connectivity index (χ1v) is 5.93. The summed E-state index contributed by atoms with van der Waals surface area (Å²) in [5, 5.41) is 8.31. The lowest BCUT2D eigenvalue weighted by atomic mass is 10.1. The van der Waals surface area contributed by atoms with Crippen LogP contribution in [0.1, 0.15) is 38.8 Å². The van der Waals surface area contributed by atoms with Gasteiger partial charge in [0.1, 0.15) is 6.10 Å². The van der Waals surface area contributed by atoms with Gasteiger partial charge < -0.3 is 4.84 Å². The molecule has 1 aliphatic heterocycles. The fourth-order valence-electron chi connectivity index (χ4n) is 1.58. The first-order chi connectivity index (χ1) is 7.58. The van der Waals surface area contributed by atoms with Crippen LogP contribution in [-0.4, -0.2) is 27.0 Å². The van der Waals surface area contributed by atoms with Gasteiger partial charge in [0, 0.05) is 24.2 Å². The maximum Gasteiger partial charge on any atom is 0.149 e. The smallest absolute Gasteiger partial charge is 0.149 e. The van der Waals surface area contributed by atoms with Gasteiger partial charge in [0.2, 0.25) is 0 Å². The summed E-state index contributed by atoms with van der Waals surface area (Å²) in [5.74, 6) is 0. The van der Waals surface area contributed by atoms with E-state index in [0.717, 1.165) is 17.7 Å². The Balaban J connectivity index is 2.09. The van der Waals surface area contributed by atoms with E-state index in [1.54, 1.807) is 0 Å². The molecule has 2 heterocycles. The van der Waals surface area contributed by atoms with Crippen molar-refractivity contribution in [3.63, 3.8) is 0 Å². The van der Waals surface area contributed by atoms with Crippen LogP contribution in [-0.2, 0) is 4.84 Å². The molecule has 0 fully saturated rings. The highest BCUT2D eigenvalue weighted by Crippen LogP contribution is 2.21. The highest BCUT2D eigenvalue weighted by Gasteiger charge is 2.26. The number of hydrogen-bond donors (Lipinski definition) is 0. The number of rotatable bonds is 3. The van der Waals surface area contributed by atoms with E-state index in [-0.39, 0.29) is 11.5 Å². The molecule has 2 rings (SSSR count). The molecule has 2 unspecified atom stereocenters. The molecular weight excluding hydrogens is 226 g/mol. The van der Waals surface area contributed by atoms with Gasteiger partial charge in [-0.15, -0.1) is 11.6 Å². The van der Waals surface area contributed by atoms with Gasteiger partial charge in [-0.2, -0.15) is 5.10 Å². The summed E-state index contributed by atoms with van der Waals surface area (Å²) in [6, 6.07) is 0.361. The van der Waals surface area contributed by atoms with Gasteiger partial charge in [0.15, 0.2) is 0 Å². The summed E-state index contributed by atoms with van der Waals surface area (Å²) >= 11 is 5.97. The standard InChI is InChI=1S/C11H16ClN3O/c1-7(2)15-6-9(5-13-15)10-4-11(8(3)12)16-14-10/h5-8,11H,4H2,1-3H3.